The number of fused-ring (bicyclic) bond motifs is 1. The lowest BCUT2D eigenvalue weighted by molar-refractivity contribution is -0.129. The van der Waals surface area contributed by atoms with Crippen molar-refractivity contribution >= 4 is 11.9 Å². The maximum atomic E-state index is 12.4. The third kappa shape index (κ3) is 3.54. The van der Waals surface area contributed by atoms with E-state index in [0.29, 0.717) is 31.7 Å². The van der Waals surface area contributed by atoms with Gasteiger partial charge in [0.1, 0.15) is 0 Å². The molecule has 0 unspecified atom stereocenters. The Hall–Kier alpha value is -1.30. The fourth-order valence-electron chi connectivity index (χ4n) is 3.86. The summed E-state index contributed by atoms with van der Waals surface area (Å²) in [6.45, 7) is 5.02. The van der Waals surface area contributed by atoms with Crippen LogP contribution in [0.15, 0.2) is 0 Å². The molecule has 0 aromatic carbocycles. The third-order valence-electron chi connectivity index (χ3n) is 5.26. The second-order valence-electron chi connectivity index (χ2n) is 6.80. The number of carbonyl (C=O) groups excluding carboxylic acids is 2. The normalized spacial score (nSPS) is 29.9. The van der Waals surface area contributed by atoms with Crippen LogP contribution in [0.4, 0.5) is 4.79 Å². The Morgan fingerprint density at radius 1 is 1.05 bits per heavy atom. The minimum Gasteiger partial charge on any atom is -0.374 e. The highest BCUT2D eigenvalue weighted by molar-refractivity contribution is 5.75. The lowest BCUT2D eigenvalue weighted by atomic mass is 9.93. The molecule has 0 radical (unpaired) electrons. The number of hydrogen-bond donors (Lipinski definition) is 1. The van der Waals surface area contributed by atoms with E-state index in [2.05, 4.69) is 5.32 Å². The molecular weight excluding hydrogens is 282 g/mol. The second-order valence-corrected chi connectivity index (χ2v) is 6.80. The van der Waals surface area contributed by atoms with E-state index in [1.54, 1.807) is 6.92 Å². The van der Waals surface area contributed by atoms with Gasteiger partial charge in [0.2, 0.25) is 5.91 Å². The van der Waals surface area contributed by atoms with Crippen molar-refractivity contribution in [3.05, 3.63) is 0 Å². The lowest BCUT2D eigenvalue weighted by Crippen LogP contribution is -2.53. The molecule has 3 rings (SSSR count). The van der Waals surface area contributed by atoms with Gasteiger partial charge >= 0.3 is 6.03 Å². The largest absolute Gasteiger partial charge is 0.374 e. The molecule has 2 saturated heterocycles. The zero-order valence-corrected chi connectivity index (χ0v) is 13.4. The Kier molecular flexibility index (Phi) is 4.86. The van der Waals surface area contributed by atoms with Crippen molar-refractivity contribution in [3.8, 4) is 0 Å². The molecular formula is C16H27N3O3. The van der Waals surface area contributed by atoms with Crippen LogP contribution < -0.4 is 5.32 Å². The van der Waals surface area contributed by atoms with Crippen molar-refractivity contribution in [3.63, 3.8) is 0 Å². The van der Waals surface area contributed by atoms with E-state index < -0.39 is 0 Å². The molecule has 6 nitrogen and oxygen atoms in total. The van der Waals surface area contributed by atoms with E-state index in [4.69, 9.17) is 4.74 Å². The quantitative estimate of drug-likeness (QED) is 0.792. The summed E-state index contributed by atoms with van der Waals surface area (Å²) >= 11 is 0. The first-order valence-electron chi connectivity index (χ1n) is 8.56. The van der Waals surface area contributed by atoms with E-state index in [9.17, 15) is 9.59 Å². The van der Waals surface area contributed by atoms with Crippen LogP contribution in [-0.2, 0) is 9.53 Å². The zero-order valence-electron chi connectivity index (χ0n) is 13.4. The first-order chi connectivity index (χ1) is 10.6. The Morgan fingerprint density at radius 3 is 2.55 bits per heavy atom. The summed E-state index contributed by atoms with van der Waals surface area (Å²) in [5.41, 5.74) is 0. The van der Waals surface area contributed by atoms with Gasteiger partial charge in [-0.05, 0) is 19.3 Å². The highest BCUT2D eigenvalue weighted by Gasteiger charge is 2.36. The highest BCUT2D eigenvalue weighted by Crippen LogP contribution is 2.25. The van der Waals surface area contributed by atoms with Gasteiger partial charge in [0.15, 0.2) is 0 Å². The van der Waals surface area contributed by atoms with Gasteiger partial charge in [-0.25, -0.2) is 4.79 Å². The van der Waals surface area contributed by atoms with Gasteiger partial charge in [-0.3, -0.25) is 4.79 Å². The molecule has 0 aromatic rings. The molecule has 6 heteroatoms. The summed E-state index contributed by atoms with van der Waals surface area (Å²) < 4.78 is 5.92. The highest BCUT2D eigenvalue weighted by atomic mass is 16.5. The molecule has 1 N–H and O–H groups in total. The first kappa shape index (κ1) is 15.6. The molecule has 2 heterocycles. The number of ether oxygens (including phenoxy) is 1. The molecule has 124 valence electrons. The smallest absolute Gasteiger partial charge is 0.317 e. The number of amides is 3. The van der Waals surface area contributed by atoms with Gasteiger partial charge in [-0.2, -0.15) is 0 Å². The first-order valence-corrected chi connectivity index (χ1v) is 8.56. The standard InChI is InChI=1S/C16H27N3O3/c1-12(20)18-8-9-22-15-11-19(7-6-13(15)10-18)16(21)17-14-4-2-3-5-14/h13-15H,2-11H2,1H3,(H,17,21)/t13-,15-/m1/s1. The molecule has 22 heavy (non-hydrogen) atoms. The molecule has 0 spiro atoms. The number of nitrogens with one attached hydrogen (secondary N) is 1. The van der Waals surface area contributed by atoms with Crippen LogP contribution in [0, 0.1) is 5.92 Å². The summed E-state index contributed by atoms with van der Waals surface area (Å²) in [7, 11) is 0. The summed E-state index contributed by atoms with van der Waals surface area (Å²) in [4.78, 5) is 27.7. The van der Waals surface area contributed by atoms with Crippen LogP contribution in [0.2, 0.25) is 0 Å². The number of piperidine rings is 1. The number of rotatable bonds is 1. The second kappa shape index (κ2) is 6.86. The number of hydrogen-bond acceptors (Lipinski definition) is 3. The van der Waals surface area contributed by atoms with Crippen molar-refractivity contribution < 1.29 is 14.3 Å². The molecule has 3 aliphatic rings. The van der Waals surface area contributed by atoms with Crippen LogP contribution >= 0.6 is 0 Å². The Balaban J connectivity index is 1.54. The SMILES string of the molecule is CC(=O)N1CCO[C@@H]2CN(C(=O)NC3CCCC3)CC[C@@H]2C1. The maximum Gasteiger partial charge on any atom is 0.317 e. The van der Waals surface area contributed by atoms with Crippen molar-refractivity contribution in [2.75, 3.05) is 32.8 Å². The minimum absolute atomic E-state index is 0.0571. The zero-order chi connectivity index (χ0) is 15.5. The average molecular weight is 309 g/mol. The van der Waals surface area contributed by atoms with E-state index >= 15 is 0 Å². The molecule has 1 saturated carbocycles. The summed E-state index contributed by atoms with van der Waals surface area (Å²) in [6.07, 6.45) is 5.63. The van der Waals surface area contributed by atoms with Crippen molar-refractivity contribution in [1.29, 1.82) is 0 Å². The van der Waals surface area contributed by atoms with E-state index in [1.807, 2.05) is 9.80 Å². The van der Waals surface area contributed by atoms with Crippen LogP contribution in [0.3, 0.4) is 0 Å². The predicted octanol–water partition coefficient (Wildman–Crippen LogP) is 1.21. The fourth-order valence-corrected chi connectivity index (χ4v) is 3.86. The third-order valence-corrected chi connectivity index (χ3v) is 5.26. The van der Waals surface area contributed by atoms with Crippen molar-refractivity contribution in [1.82, 2.24) is 15.1 Å². The Morgan fingerprint density at radius 2 is 1.82 bits per heavy atom. The van der Waals surface area contributed by atoms with Gasteiger partial charge < -0.3 is 19.9 Å². The fraction of sp³-hybridized carbons (Fsp3) is 0.875. The van der Waals surface area contributed by atoms with Gasteiger partial charge in [-0.15, -0.1) is 0 Å². The van der Waals surface area contributed by atoms with Gasteiger partial charge in [0, 0.05) is 45.1 Å². The topological polar surface area (TPSA) is 61.9 Å². The van der Waals surface area contributed by atoms with Crippen LogP contribution in [0.1, 0.15) is 39.0 Å². The summed E-state index contributed by atoms with van der Waals surface area (Å²) in [5.74, 6) is 0.465. The van der Waals surface area contributed by atoms with Gasteiger partial charge in [0.25, 0.3) is 0 Å². The molecule has 3 amide bonds. The maximum absolute atomic E-state index is 12.4. The number of urea groups is 1. The van der Waals surface area contributed by atoms with Crippen LogP contribution in [0.5, 0.6) is 0 Å². The van der Waals surface area contributed by atoms with E-state index in [0.717, 1.165) is 32.4 Å². The van der Waals surface area contributed by atoms with Crippen LogP contribution in [-0.4, -0.2) is 66.7 Å². The van der Waals surface area contributed by atoms with Gasteiger partial charge in [-0.1, -0.05) is 12.8 Å². The molecule has 3 fully saturated rings. The van der Waals surface area contributed by atoms with Crippen LogP contribution in [0.25, 0.3) is 0 Å². The predicted molar refractivity (Wildman–Crippen MR) is 82.5 cm³/mol. The summed E-state index contributed by atoms with van der Waals surface area (Å²) in [5, 5.41) is 3.15. The van der Waals surface area contributed by atoms with E-state index in [1.165, 1.54) is 12.8 Å². The van der Waals surface area contributed by atoms with Crippen molar-refractivity contribution in [2.24, 2.45) is 5.92 Å². The Bertz CT molecular complexity index is 423. The number of nitrogens with zero attached hydrogens (tertiary/aromatic N) is 2. The summed E-state index contributed by atoms with van der Waals surface area (Å²) in [6, 6.07) is 0.412. The Labute approximate surface area is 132 Å². The number of likely N-dealkylation sites (tertiary alicyclic amines) is 1. The molecule has 1 aliphatic carbocycles. The van der Waals surface area contributed by atoms with Gasteiger partial charge in [0.05, 0.1) is 12.7 Å². The van der Waals surface area contributed by atoms with E-state index in [-0.39, 0.29) is 18.0 Å². The number of carbonyl (C=O) groups is 2. The lowest BCUT2D eigenvalue weighted by Gasteiger charge is -2.38. The minimum atomic E-state index is 0.0571. The average Bonchev–Trinajstić information content (AvgIpc) is 2.90. The molecule has 2 atom stereocenters. The molecule has 0 bridgehead atoms. The molecule has 2 aliphatic heterocycles. The van der Waals surface area contributed by atoms with Crippen molar-refractivity contribution in [2.45, 2.75) is 51.2 Å². The molecule has 0 aromatic heterocycles. The monoisotopic (exact) mass is 309 g/mol.